The van der Waals surface area contributed by atoms with Gasteiger partial charge in [0.05, 0.1) is 5.41 Å². The van der Waals surface area contributed by atoms with Gasteiger partial charge in [-0.2, -0.15) is 0 Å². The zero-order valence-corrected chi connectivity index (χ0v) is 14.9. The van der Waals surface area contributed by atoms with Crippen LogP contribution < -0.4 is 5.73 Å². The smallest absolute Gasteiger partial charge is 0.230 e. The average Bonchev–Trinajstić information content (AvgIpc) is 2.45. The van der Waals surface area contributed by atoms with E-state index in [-0.39, 0.29) is 5.41 Å². The van der Waals surface area contributed by atoms with Crippen molar-refractivity contribution in [2.45, 2.75) is 73.1 Å². The van der Waals surface area contributed by atoms with E-state index in [2.05, 4.69) is 39.5 Å². The molecule has 3 heteroatoms. The summed E-state index contributed by atoms with van der Waals surface area (Å²) in [5, 5.41) is 0. The lowest BCUT2D eigenvalue weighted by Crippen LogP contribution is -2.51. The summed E-state index contributed by atoms with van der Waals surface area (Å²) in [6.45, 7) is 13.6. The Morgan fingerprint density at radius 2 is 1.57 bits per heavy atom. The molecule has 0 aromatic carbocycles. The molecule has 0 aliphatic carbocycles. The number of amides is 1. The number of carbonyl (C=O) groups is 1. The van der Waals surface area contributed by atoms with E-state index in [9.17, 15) is 4.79 Å². The molecule has 1 fully saturated rings. The van der Waals surface area contributed by atoms with Gasteiger partial charge in [-0.3, -0.25) is 4.79 Å². The van der Waals surface area contributed by atoms with E-state index in [0.717, 1.165) is 57.5 Å². The molecule has 1 rings (SSSR count). The van der Waals surface area contributed by atoms with Crippen molar-refractivity contribution in [2.75, 3.05) is 19.6 Å². The molecule has 0 aromatic rings. The minimum atomic E-state index is -0.307. The monoisotopic (exact) mass is 296 g/mol. The van der Waals surface area contributed by atoms with Gasteiger partial charge in [0.25, 0.3) is 0 Å². The highest BCUT2D eigenvalue weighted by Crippen LogP contribution is 2.37. The lowest BCUT2D eigenvalue weighted by atomic mass is 9.74. The highest BCUT2D eigenvalue weighted by atomic mass is 16.2. The molecule has 2 N–H and O–H groups in total. The van der Waals surface area contributed by atoms with Crippen LogP contribution in [0.25, 0.3) is 0 Å². The van der Waals surface area contributed by atoms with Crippen molar-refractivity contribution in [3.8, 4) is 0 Å². The molecular weight excluding hydrogens is 260 g/mol. The quantitative estimate of drug-likeness (QED) is 0.810. The summed E-state index contributed by atoms with van der Waals surface area (Å²) in [6.07, 6.45) is 6.18. The number of rotatable bonds is 6. The lowest BCUT2D eigenvalue weighted by molar-refractivity contribution is -0.144. The largest absolute Gasteiger partial charge is 0.342 e. The maximum Gasteiger partial charge on any atom is 0.230 e. The van der Waals surface area contributed by atoms with E-state index in [0.29, 0.717) is 17.9 Å². The fraction of sp³-hybridized carbons (Fsp3) is 0.944. The van der Waals surface area contributed by atoms with Gasteiger partial charge in [-0.15, -0.1) is 0 Å². The van der Waals surface area contributed by atoms with Crippen LogP contribution in [0.2, 0.25) is 0 Å². The Bertz CT molecular complexity index is 319. The van der Waals surface area contributed by atoms with Gasteiger partial charge in [-0.25, -0.2) is 0 Å². The zero-order valence-electron chi connectivity index (χ0n) is 14.9. The predicted octanol–water partition coefficient (Wildman–Crippen LogP) is 3.82. The molecule has 1 aliphatic heterocycles. The molecule has 1 heterocycles. The lowest BCUT2D eigenvalue weighted by Gasteiger charge is -2.42. The Hall–Kier alpha value is -0.570. The van der Waals surface area contributed by atoms with Gasteiger partial charge in [-0.1, -0.05) is 47.5 Å². The molecule has 0 atom stereocenters. The third kappa shape index (κ3) is 4.45. The van der Waals surface area contributed by atoms with Gasteiger partial charge in [0.1, 0.15) is 0 Å². The molecule has 0 radical (unpaired) electrons. The summed E-state index contributed by atoms with van der Waals surface area (Å²) in [4.78, 5) is 15.1. The van der Waals surface area contributed by atoms with Gasteiger partial charge in [0.2, 0.25) is 5.91 Å². The van der Waals surface area contributed by atoms with Crippen molar-refractivity contribution >= 4 is 5.91 Å². The Labute approximate surface area is 131 Å². The number of hydrogen-bond donors (Lipinski definition) is 1. The average molecular weight is 296 g/mol. The molecule has 0 spiro atoms. The first kappa shape index (κ1) is 18.5. The van der Waals surface area contributed by atoms with Crippen LogP contribution in [-0.2, 0) is 4.79 Å². The standard InChI is InChI=1S/C18H36N2O/c1-6-10-18(14-19,11-7-2)16(21)20-12-8-15(9-13-20)17(3,4)5/h15H,6-14,19H2,1-5H3. The topological polar surface area (TPSA) is 46.3 Å². The minimum Gasteiger partial charge on any atom is -0.342 e. The van der Waals surface area contributed by atoms with E-state index >= 15 is 0 Å². The maximum atomic E-state index is 13.0. The molecule has 124 valence electrons. The molecule has 0 bridgehead atoms. The third-order valence-corrected chi connectivity index (χ3v) is 5.31. The summed E-state index contributed by atoms with van der Waals surface area (Å²) in [5.74, 6) is 1.05. The van der Waals surface area contributed by atoms with Crippen LogP contribution in [0.3, 0.4) is 0 Å². The predicted molar refractivity (Wildman–Crippen MR) is 90.1 cm³/mol. The van der Waals surface area contributed by atoms with Crippen molar-refractivity contribution in [3.05, 3.63) is 0 Å². The molecule has 0 aromatic heterocycles. The van der Waals surface area contributed by atoms with E-state index in [4.69, 9.17) is 5.73 Å². The first-order valence-corrected chi connectivity index (χ1v) is 8.80. The van der Waals surface area contributed by atoms with Crippen LogP contribution in [0, 0.1) is 16.7 Å². The second-order valence-corrected chi connectivity index (χ2v) is 7.92. The van der Waals surface area contributed by atoms with Crippen molar-refractivity contribution in [3.63, 3.8) is 0 Å². The van der Waals surface area contributed by atoms with Gasteiger partial charge < -0.3 is 10.6 Å². The Kier molecular flexibility index (Phi) is 6.71. The van der Waals surface area contributed by atoms with Crippen molar-refractivity contribution in [1.82, 2.24) is 4.90 Å². The van der Waals surface area contributed by atoms with Crippen LogP contribution in [0.5, 0.6) is 0 Å². The number of carbonyl (C=O) groups excluding carboxylic acids is 1. The molecule has 21 heavy (non-hydrogen) atoms. The third-order valence-electron chi connectivity index (χ3n) is 5.31. The SMILES string of the molecule is CCCC(CN)(CCC)C(=O)N1CCC(C(C)(C)C)CC1. The number of piperidine rings is 1. The first-order valence-electron chi connectivity index (χ1n) is 8.80. The Morgan fingerprint density at radius 3 is 1.90 bits per heavy atom. The summed E-state index contributed by atoms with van der Waals surface area (Å²) in [7, 11) is 0. The summed E-state index contributed by atoms with van der Waals surface area (Å²) in [5.41, 5.74) is 6.08. The van der Waals surface area contributed by atoms with Gasteiger partial charge >= 0.3 is 0 Å². The highest BCUT2D eigenvalue weighted by molar-refractivity contribution is 5.83. The van der Waals surface area contributed by atoms with Gasteiger partial charge in [0.15, 0.2) is 0 Å². The molecule has 1 saturated heterocycles. The number of nitrogens with two attached hydrogens (primary N) is 1. The normalized spacial score (nSPS) is 18.1. The van der Waals surface area contributed by atoms with Gasteiger partial charge in [-0.05, 0) is 37.0 Å². The molecule has 1 amide bonds. The van der Waals surface area contributed by atoms with E-state index in [1.807, 2.05) is 0 Å². The Balaban J connectivity index is 2.74. The van der Waals surface area contributed by atoms with Crippen LogP contribution in [0.15, 0.2) is 0 Å². The number of nitrogens with zero attached hydrogens (tertiary/aromatic N) is 1. The van der Waals surface area contributed by atoms with Crippen molar-refractivity contribution in [2.24, 2.45) is 22.5 Å². The van der Waals surface area contributed by atoms with Crippen molar-refractivity contribution in [1.29, 1.82) is 0 Å². The van der Waals surface area contributed by atoms with Crippen LogP contribution in [0.4, 0.5) is 0 Å². The van der Waals surface area contributed by atoms with Crippen LogP contribution in [-0.4, -0.2) is 30.4 Å². The fourth-order valence-corrected chi connectivity index (χ4v) is 3.87. The summed E-state index contributed by atoms with van der Waals surface area (Å²) < 4.78 is 0. The Morgan fingerprint density at radius 1 is 1.10 bits per heavy atom. The number of hydrogen-bond acceptors (Lipinski definition) is 2. The first-order chi connectivity index (χ1) is 9.80. The number of likely N-dealkylation sites (tertiary alicyclic amines) is 1. The fourth-order valence-electron chi connectivity index (χ4n) is 3.87. The summed E-state index contributed by atoms with van der Waals surface area (Å²) in [6, 6.07) is 0. The van der Waals surface area contributed by atoms with E-state index in [1.54, 1.807) is 0 Å². The van der Waals surface area contributed by atoms with E-state index in [1.165, 1.54) is 0 Å². The zero-order chi connectivity index (χ0) is 16.1. The maximum absolute atomic E-state index is 13.0. The van der Waals surface area contributed by atoms with Gasteiger partial charge in [0, 0.05) is 19.6 Å². The molecule has 3 nitrogen and oxygen atoms in total. The minimum absolute atomic E-state index is 0.307. The van der Waals surface area contributed by atoms with Crippen LogP contribution in [0.1, 0.15) is 73.1 Å². The molecule has 0 saturated carbocycles. The van der Waals surface area contributed by atoms with Crippen molar-refractivity contribution < 1.29 is 4.79 Å². The highest BCUT2D eigenvalue weighted by Gasteiger charge is 2.40. The second-order valence-electron chi connectivity index (χ2n) is 7.92. The summed E-state index contributed by atoms with van der Waals surface area (Å²) >= 11 is 0. The second kappa shape index (κ2) is 7.62. The molecular formula is C18H36N2O. The molecule has 0 unspecified atom stereocenters. The van der Waals surface area contributed by atoms with Crippen LogP contribution >= 0.6 is 0 Å². The molecule has 1 aliphatic rings. The van der Waals surface area contributed by atoms with E-state index < -0.39 is 0 Å².